The Morgan fingerprint density at radius 3 is 2.24 bits per heavy atom. The highest BCUT2D eigenvalue weighted by Gasteiger charge is 2.38. The number of hydrogen-bond donors (Lipinski definition) is 0. The average molecular weight is 385 g/mol. The minimum absolute atomic E-state index is 0.0557. The second-order valence-electron chi connectivity index (χ2n) is 7.24. The highest BCUT2D eigenvalue weighted by Crippen LogP contribution is 2.27. The lowest BCUT2D eigenvalue weighted by atomic mass is 9.96. The van der Waals surface area contributed by atoms with E-state index in [9.17, 15) is 19.2 Å². The molecule has 0 aromatic heterocycles. The molecule has 0 spiro atoms. The second-order valence-corrected chi connectivity index (χ2v) is 7.24. The molecule has 1 saturated carbocycles. The van der Waals surface area contributed by atoms with Gasteiger partial charge in [0.1, 0.15) is 5.92 Å². The maximum absolute atomic E-state index is 13.1. The van der Waals surface area contributed by atoms with Crippen LogP contribution in [-0.2, 0) is 25.7 Å². The number of carbonyl (C=O) groups is 4. The molecule has 1 aliphatic heterocycles. The van der Waals surface area contributed by atoms with E-state index in [2.05, 4.69) is 11.8 Å². The van der Waals surface area contributed by atoms with Crippen molar-refractivity contribution in [2.24, 2.45) is 5.92 Å². The summed E-state index contributed by atoms with van der Waals surface area (Å²) in [6.07, 6.45) is 0.0725. The maximum Gasteiger partial charge on any atom is 0.227 e. The molecule has 1 aliphatic carbocycles. The minimum atomic E-state index is -1.17. The first-order valence-electron chi connectivity index (χ1n) is 9.62. The van der Waals surface area contributed by atoms with Gasteiger partial charge in [-0.3, -0.25) is 19.2 Å². The van der Waals surface area contributed by atoms with Crippen molar-refractivity contribution >= 4 is 28.9 Å². The number of hydrogen-bond acceptors (Lipinski definition) is 4. The van der Waals surface area contributed by atoms with Gasteiger partial charge in [0.25, 0.3) is 0 Å². The number of anilines is 1. The first-order chi connectivity index (χ1) is 14.0. The van der Waals surface area contributed by atoms with E-state index in [0.29, 0.717) is 12.2 Å². The van der Waals surface area contributed by atoms with Crippen LogP contribution in [0.15, 0.2) is 48.5 Å². The highest BCUT2D eigenvalue weighted by molar-refractivity contribution is 6.23. The third-order valence-corrected chi connectivity index (χ3v) is 5.34. The lowest BCUT2D eigenvalue weighted by molar-refractivity contribution is -0.137. The predicted octanol–water partition coefficient (Wildman–Crippen LogP) is 2.83. The summed E-state index contributed by atoms with van der Waals surface area (Å²) in [4.78, 5) is 50.7. The molecule has 2 aromatic carbocycles. The molecule has 0 bridgehead atoms. The van der Waals surface area contributed by atoms with Gasteiger partial charge < -0.3 is 4.90 Å². The number of nitrogens with zero attached hydrogens (tertiary/aromatic N) is 1. The molecular formula is C24H19NO4. The van der Waals surface area contributed by atoms with Crippen LogP contribution in [0, 0.1) is 17.8 Å². The number of carbonyl (C=O) groups excluding carboxylic acids is 4. The van der Waals surface area contributed by atoms with Crippen LogP contribution in [-0.4, -0.2) is 23.3 Å². The van der Waals surface area contributed by atoms with E-state index in [-0.39, 0.29) is 43.2 Å². The van der Waals surface area contributed by atoms with Gasteiger partial charge in [0, 0.05) is 36.8 Å². The van der Waals surface area contributed by atoms with Crippen molar-refractivity contribution in [2.75, 3.05) is 4.90 Å². The van der Waals surface area contributed by atoms with Crippen LogP contribution in [0.2, 0.25) is 0 Å². The van der Waals surface area contributed by atoms with Crippen LogP contribution in [0.4, 0.5) is 5.69 Å². The van der Waals surface area contributed by atoms with Crippen LogP contribution < -0.4 is 4.90 Å². The van der Waals surface area contributed by atoms with Crippen LogP contribution >= 0.6 is 0 Å². The van der Waals surface area contributed by atoms with E-state index in [1.54, 1.807) is 4.90 Å². The molecular weight excluding hydrogens is 366 g/mol. The zero-order valence-electron chi connectivity index (χ0n) is 15.8. The molecule has 4 rings (SSSR count). The second kappa shape index (κ2) is 7.84. The van der Waals surface area contributed by atoms with E-state index < -0.39 is 11.7 Å². The summed E-state index contributed by atoms with van der Waals surface area (Å²) >= 11 is 0. The molecule has 1 fully saturated rings. The molecule has 0 saturated heterocycles. The normalized spacial score (nSPS) is 15.7. The monoisotopic (exact) mass is 385 g/mol. The van der Waals surface area contributed by atoms with E-state index >= 15 is 0 Å². The van der Waals surface area contributed by atoms with Gasteiger partial charge in [-0.25, -0.2) is 0 Å². The molecule has 1 heterocycles. The Hall–Kier alpha value is -3.52. The van der Waals surface area contributed by atoms with Crippen molar-refractivity contribution in [3.05, 3.63) is 65.2 Å². The van der Waals surface area contributed by atoms with Crippen LogP contribution in [0.1, 0.15) is 42.4 Å². The van der Waals surface area contributed by atoms with Gasteiger partial charge in [0.05, 0.1) is 12.2 Å². The summed E-state index contributed by atoms with van der Waals surface area (Å²) in [6, 6.07) is 15.1. The fraction of sp³-hybridized carbons (Fsp3) is 0.250. The fourth-order valence-corrected chi connectivity index (χ4v) is 3.79. The number of Topliss-reactive ketones (excluding diaryl/α,β-unsaturated/α-hetero) is 3. The Morgan fingerprint density at radius 2 is 1.48 bits per heavy atom. The smallest absolute Gasteiger partial charge is 0.227 e. The Labute approximate surface area is 168 Å². The van der Waals surface area contributed by atoms with E-state index in [0.717, 1.165) is 16.7 Å². The number of fused-ring (bicyclic) bond motifs is 2. The van der Waals surface area contributed by atoms with Crippen molar-refractivity contribution in [3.8, 4) is 11.8 Å². The Kier molecular flexibility index (Phi) is 5.09. The van der Waals surface area contributed by atoms with E-state index in [1.807, 2.05) is 48.5 Å². The third-order valence-electron chi connectivity index (χ3n) is 5.34. The Morgan fingerprint density at radius 1 is 0.862 bits per heavy atom. The number of para-hydroxylation sites is 1. The Balaban J connectivity index is 1.58. The van der Waals surface area contributed by atoms with Crippen LogP contribution in [0.3, 0.4) is 0 Å². The van der Waals surface area contributed by atoms with E-state index in [1.165, 1.54) is 0 Å². The van der Waals surface area contributed by atoms with Gasteiger partial charge in [-0.15, -0.1) is 0 Å². The van der Waals surface area contributed by atoms with Gasteiger partial charge in [0.15, 0.2) is 17.3 Å². The molecule has 0 N–H and O–H groups in total. The zero-order valence-corrected chi connectivity index (χ0v) is 15.8. The van der Waals surface area contributed by atoms with Crippen molar-refractivity contribution in [1.29, 1.82) is 0 Å². The summed E-state index contributed by atoms with van der Waals surface area (Å²) in [7, 11) is 0. The van der Waals surface area contributed by atoms with Gasteiger partial charge in [-0.1, -0.05) is 42.2 Å². The average Bonchev–Trinajstić information content (AvgIpc) is 3.06. The fourth-order valence-electron chi connectivity index (χ4n) is 3.79. The zero-order chi connectivity index (χ0) is 20.4. The van der Waals surface area contributed by atoms with Crippen LogP contribution in [0.5, 0.6) is 0 Å². The molecule has 144 valence electrons. The summed E-state index contributed by atoms with van der Waals surface area (Å²) in [5.41, 5.74) is 3.22. The molecule has 0 radical (unpaired) electrons. The number of benzene rings is 2. The number of rotatable bonds is 4. The first-order valence-corrected chi connectivity index (χ1v) is 9.62. The molecule has 2 aliphatic rings. The van der Waals surface area contributed by atoms with E-state index in [4.69, 9.17) is 0 Å². The molecule has 2 aromatic rings. The SMILES string of the molecule is O=C1CCC(=O)C1C(=O)CCC(=O)N1Cc2ccccc2C#Cc2ccccc21. The largest absolute Gasteiger partial charge is 0.307 e. The standard InChI is InChI=1S/C24H19NO4/c26-20-11-12-21(27)24(20)22(28)13-14-23(29)25-15-18-7-2-1-5-16(18)9-10-17-6-3-4-8-19(17)25/h1-8,24H,11-15H2. The summed E-state index contributed by atoms with van der Waals surface area (Å²) < 4.78 is 0. The Bertz CT molecular complexity index is 1070. The first kappa shape index (κ1) is 18.8. The molecule has 0 atom stereocenters. The molecule has 5 heteroatoms. The van der Waals surface area contributed by atoms with Crippen molar-refractivity contribution in [1.82, 2.24) is 0 Å². The summed E-state index contributed by atoms with van der Waals surface area (Å²) in [6.45, 7) is 0.343. The number of amides is 1. The lowest BCUT2D eigenvalue weighted by Crippen LogP contribution is -2.33. The van der Waals surface area contributed by atoms with Crippen LogP contribution in [0.25, 0.3) is 0 Å². The minimum Gasteiger partial charge on any atom is -0.307 e. The summed E-state index contributed by atoms with van der Waals surface area (Å²) in [5, 5.41) is 0. The highest BCUT2D eigenvalue weighted by atomic mass is 16.2. The van der Waals surface area contributed by atoms with Gasteiger partial charge >= 0.3 is 0 Å². The molecule has 1 amide bonds. The lowest BCUT2D eigenvalue weighted by Gasteiger charge is -2.26. The molecule has 29 heavy (non-hydrogen) atoms. The van der Waals surface area contributed by atoms with Gasteiger partial charge in [0.2, 0.25) is 5.91 Å². The third kappa shape index (κ3) is 3.74. The summed E-state index contributed by atoms with van der Waals surface area (Å²) in [5.74, 6) is 3.78. The maximum atomic E-state index is 13.1. The van der Waals surface area contributed by atoms with Crippen molar-refractivity contribution in [3.63, 3.8) is 0 Å². The van der Waals surface area contributed by atoms with Gasteiger partial charge in [-0.2, -0.15) is 0 Å². The number of ketones is 3. The van der Waals surface area contributed by atoms with Crippen molar-refractivity contribution < 1.29 is 19.2 Å². The van der Waals surface area contributed by atoms with Gasteiger partial charge in [-0.05, 0) is 23.8 Å². The predicted molar refractivity (Wildman–Crippen MR) is 107 cm³/mol. The quantitative estimate of drug-likeness (QED) is 0.599. The molecule has 5 nitrogen and oxygen atoms in total. The topological polar surface area (TPSA) is 71.5 Å². The molecule has 0 unspecified atom stereocenters. The van der Waals surface area contributed by atoms with Crippen molar-refractivity contribution in [2.45, 2.75) is 32.2 Å².